The van der Waals surface area contributed by atoms with Gasteiger partial charge in [-0.05, 0) is 31.2 Å². The van der Waals surface area contributed by atoms with Gasteiger partial charge in [-0.1, -0.05) is 0 Å². The third kappa shape index (κ3) is 3.72. The van der Waals surface area contributed by atoms with E-state index >= 15 is 0 Å². The zero-order chi connectivity index (χ0) is 15.2. The highest BCUT2D eigenvalue weighted by Gasteiger charge is 2.03. The third-order valence-electron chi connectivity index (χ3n) is 3.36. The molecule has 5 heteroatoms. The van der Waals surface area contributed by atoms with Gasteiger partial charge < -0.3 is 10.1 Å². The van der Waals surface area contributed by atoms with Gasteiger partial charge in [0.25, 0.3) is 0 Å². The van der Waals surface area contributed by atoms with Crippen LogP contribution in [-0.2, 0) is 13.6 Å². The third-order valence-corrected chi connectivity index (χ3v) is 3.36. The van der Waals surface area contributed by atoms with Crippen LogP contribution < -0.4 is 10.1 Å². The van der Waals surface area contributed by atoms with Gasteiger partial charge in [-0.25, -0.2) is 0 Å². The molecule has 1 aromatic carbocycles. The number of ketones is 1. The predicted molar refractivity (Wildman–Crippen MR) is 81.2 cm³/mol. The predicted octanol–water partition coefficient (Wildman–Crippen LogP) is 2.22. The molecule has 0 aliphatic carbocycles. The Bertz CT molecular complexity index is 642. The van der Waals surface area contributed by atoms with Crippen molar-refractivity contribution in [3.05, 3.63) is 59.6 Å². The lowest BCUT2D eigenvalue weighted by atomic mass is 10.1. The summed E-state index contributed by atoms with van der Waals surface area (Å²) in [6.07, 6.45) is 5.01. The van der Waals surface area contributed by atoms with Crippen LogP contribution in [0.5, 0.6) is 5.75 Å². The number of aromatic nitrogens is 2. The first-order valence-electron chi connectivity index (χ1n) is 6.67. The Morgan fingerprint density at radius 2 is 2.10 bits per heavy atom. The van der Waals surface area contributed by atoms with E-state index in [0.717, 1.165) is 17.0 Å². The standard InChI is InChI=1S/C16H19N3O2/c1-12-14(11-18-19(12)2)10-17-9-8-16(20)13-4-6-15(21-3)7-5-13/h4-9,11,17H,10H2,1-3H3. The molecule has 1 N–H and O–H groups in total. The maximum atomic E-state index is 11.9. The average Bonchev–Trinajstić information content (AvgIpc) is 2.83. The molecule has 21 heavy (non-hydrogen) atoms. The summed E-state index contributed by atoms with van der Waals surface area (Å²) >= 11 is 0. The molecule has 0 spiro atoms. The highest BCUT2D eigenvalue weighted by Crippen LogP contribution is 2.12. The molecular weight excluding hydrogens is 266 g/mol. The molecular formula is C16H19N3O2. The highest BCUT2D eigenvalue weighted by atomic mass is 16.5. The van der Waals surface area contributed by atoms with Crippen LogP contribution in [0.4, 0.5) is 0 Å². The normalized spacial score (nSPS) is 10.8. The van der Waals surface area contributed by atoms with Crippen molar-refractivity contribution >= 4 is 5.78 Å². The minimum atomic E-state index is -0.0481. The van der Waals surface area contributed by atoms with Crippen LogP contribution in [0.25, 0.3) is 0 Å². The summed E-state index contributed by atoms with van der Waals surface area (Å²) in [6, 6.07) is 7.04. The molecule has 0 aliphatic heterocycles. The van der Waals surface area contributed by atoms with Crippen LogP contribution in [0.3, 0.4) is 0 Å². The smallest absolute Gasteiger partial charge is 0.187 e. The van der Waals surface area contributed by atoms with Gasteiger partial charge in [0.15, 0.2) is 5.78 Å². The molecule has 0 atom stereocenters. The molecule has 0 bridgehead atoms. The molecule has 0 fully saturated rings. The molecule has 1 heterocycles. The number of hydrogen-bond acceptors (Lipinski definition) is 4. The molecule has 0 aliphatic rings. The van der Waals surface area contributed by atoms with E-state index in [2.05, 4.69) is 10.4 Å². The van der Waals surface area contributed by atoms with Gasteiger partial charge in [-0.15, -0.1) is 0 Å². The first-order valence-corrected chi connectivity index (χ1v) is 6.67. The van der Waals surface area contributed by atoms with Crippen molar-refractivity contribution in [1.29, 1.82) is 0 Å². The molecule has 0 radical (unpaired) electrons. The summed E-state index contributed by atoms with van der Waals surface area (Å²) in [4.78, 5) is 11.9. The molecule has 0 saturated heterocycles. The van der Waals surface area contributed by atoms with Gasteiger partial charge in [0.05, 0.1) is 13.3 Å². The summed E-state index contributed by atoms with van der Waals surface area (Å²) in [5, 5.41) is 7.27. The zero-order valence-corrected chi connectivity index (χ0v) is 12.5. The van der Waals surface area contributed by atoms with Gasteiger partial charge >= 0.3 is 0 Å². The quantitative estimate of drug-likeness (QED) is 0.653. The van der Waals surface area contributed by atoms with E-state index in [0.29, 0.717) is 12.1 Å². The lowest BCUT2D eigenvalue weighted by molar-refractivity contribution is 0.104. The van der Waals surface area contributed by atoms with Gasteiger partial charge in [0, 0.05) is 42.7 Å². The summed E-state index contributed by atoms with van der Waals surface area (Å²) in [5.41, 5.74) is 2.85. The Morgan fingerprint density at radius 1 is 1.38 bits per heavy atom. The van der Waals surface area contributed by atoms with Crippen molar-refractivity contribution in [2.75, 3.05) is 7.11 Å². The van der Waals surface area contributed by atoms with Crippen molar-refractivity contribution in [2.24, 2.45) is 7.05 Å². The van der Waals surface area contributed by atoms with Crippen LogP contribution >= 0.6 is 0 Å². The van der Waals surface area contributed by atoms with E-state index < -0.39 is 0 Å². The topological polar surface area (TPSA) is 56.1 Å². The fourth-order valence-electron chi connectivity index (χ4n) is 1.87. The number of benzene rings is 1. The summed E-state index contributed by atoms with van der Waals surface area (Å²) in [5.74, 6) is 0.689. The zero-order valence-electron chi connectivity index (χ0n) is 12.5. The van der Waals surface area contributed by atoms with Crippen molar-refractivity contribution in [1.82, 2.24) is 15.1 Å². The first-order chi connectivity index (χ1) is 10.1. The number of rotatable bonds is 6. The summed E-state index contributed by atoms with van der Waals surface area (Å²) in [6.45, 7) is 2.66. The SMILES string of the molecule is COc1ccc(C(=O)C=CNCc2cnn(C)c2C)cc1. The second-order valence-corrected chi connectivity index (χ2v) is 4.69. The van der Waals surface area contributed by atoms with Crippen LogP contribution in [0.15, 0.2) is 42.7 Å². The Labute approximate surface area is 124 Å². The number of methoxy groups -OCH3 is 1. The van der Waals surface area contributed by atoms with Gasteiger partial charge in [0.2, 0.25) is 0 Å². The first kappa shape index (κ1) is 14.8. The van der Waals surface area contributed by atoms with Gasteiger partial charge in [-0.2, -0.15) is 5.10 Å². The van der Waals surface area contributed by atoms with E-state index in [4.69, 9.17) is 4.74 Å². The Balaban J connectivity index is 1.88. The van der Waals surface area contributed by atoms with Crippen LogP contribution in [0.1, 0.15) is 21.6 Å². The van der Waals surface area contributed by atoms with Crippen molar-refractivity contribution < 1.29 is 9.53 Å². The fourth-order valence-corrected chi connectivity index (χ4v) is 1.87. The molecule has 1 aromatic heterocycles. The second kappa shape index (κ2) is 6.74. The number of ether oxygens (including phenoxy) is 1. The van der Waals surface area contributed by atoms with E-state index in [-0.39, 0.29) is 5.78 Å². The lowest BCUT2D eigenvalue weighted by Gasteiger charge is -2.01. The fraction of sp³-hybridized carbons (Fsp3) is 0.250. The lowest BCUT2D eigenvalue weighted by Crippen LogP contribution is -2.07. The van der Waals surface area contributed by atoms with Crippen LogP contribution in [0.2, 0.25) is 0 Å². The largest absolute Gasteiger partial charge is 0.497 e. The minimum absolute atomic E-state index is 0.0481. The second-order valence-electron chi connectivity index (χ2n) is 4.69. The number of nitrogens with one attached hydrogen (secondary N) is 1. The molecule has 2 aromatic rings. The van der Waals surface area contributed by atoms with Crippen molar-refractivity contribution in [3.63, 3.8) is 0 Å². The number of carbonyl (C=O) groups is 1. The summed E-state index contributed by atoms with van der Waals surface area (Å²) in [7, 11) is 3.50. The van der Waals surface area contributed by atoms with Gasteiger partial charge in [0.1, 0.15) is 5.75 Å². The maximum Gasteiger partial charge on any atom is 0.187 e. The number of carbonyl (C=O) groups excluding carboxylic acids is 1. The highest BCUT2D eigenvalue weighted by molar-refractivity contribution is 6.04. The summed E-state index contributed by atoms with van der Waals surface area (Å²) < 4.78 is 6.88. The molecule has 0 amide bonds. The Kier molecular flexibility index (Phi) is 4.77. The van der Waals surface area contributed by atoms with Crippen LogP contribution in [-0.4, -0.2) is 22.7 Å². The molecule has 0 saturated carbocycles. The molecule has 2 rings (SSSR count). The number of aryl methyl sites for hydroxylation is 1. The van der Waals surface area contributed by atoms with E-state index in [9.17, 15) is 4.79 Å². The van der Waals surface area contributed by atoms with Crippen molar-refractivity contribution in [2.45, 2.75) is 13.5 Å². The van der Waals surface area contributed by atoms with E-state index in [1.807, 2.05) is 24.9 Å². The van der Waals surface area contributed by atoms with Crippen LogP contribution in [0, 0.1) is 6.92 Å². The maximum absolute atomic E-state index is 11.9. The minimum Gasteiger partial charge on any atom is -0.497 e. The van der Waals surface area contributed by atoms with E-state index in [1.165, 1.54) is 6.08 Å². The number of allylic oxidation sites excluding steroid dienone is 1. The molecule has 0 unspecified atom stereocenters. The van der Waals surface area contributed by atoms with Crippen molar-refractivity contribution in [3.8, 4) is 5.75 Å². The Morgan fingerprint density at radius 3 is 2.67 bits per heavy atom. The average molecular weight is 285 g/mol. The van der Waals surface area contributed by atoms with Gasteiger partial charge in [-0.3, -0.25) is 9.48 Å². The number of hydrogen-bond donors (Lipinski definition) is 1. The molecule has 110 valence electrons. The molecule has 5 nitrogen and oxygen atoms in total. The van der Waals surface area contributed by atoms with E-state index in [1.54, 1.807) is 37.6 Å². The number of nitrogens with zero attached hydrogens (tertiary/aromatic N) is 2. The Hall–Kier alpha value is -2.56. The monoisotopic (exact) mass is 285 g/mol.